The fraction of sp³-hybridized carbons (Fsp3) is 1.00. The highest BCUT2D eigenvalue weighted by molar-refractivity contribution is 4.98. The molecular formula is C14H29N3. The first kappa shape index (κ1) is 13.3. The lowest BCUT2D eigenvalue weighted by Gasteiger charge is -2.49. The van der Waals surface area contributed by atoms with E-state index < -0.39 is 0 Å². The molecule has 1 N–H and O–H groups in total. The van der Waals surface area contributed by atoms with Crippen molar-refractivity contribution in [2.75, 3.05) is 41.3 Å². The van der Waals surface area contributed by atoms with Crippen molar-refractivity contribution in [1.29, 1.82) is 0 Å². The van der Waals surface area contributed by atoms with Crippen molar-refractivity contribution in [2.24, 2.45) is 5.92 Å². The molecule has 0 spiro atoms. The number of likely N-dealkylation sites (N-methyl/N-ethyl adjacent to an activating group) is 3. The third-order valence-electron chi connectivity index (χ3n) is 4.87. The molecule has 3 nitrogen and oxygen atoms in total. The van der Waals surface area contributed by atoms with Crippen LogP contribution in [-0.4, -0.2) is 62.7 Å². The molecule has 2 rings (SSSR count). The van der Waals surface area contributed by atoms with Crippen molar-refractivity contribution in [1.82, 2.24) is 15.1 Å². The summed E-state index contributed by atoms with van der Waals surface area (Å²) < 4.78 is 0. The maximum Gasteiger partial charge on any atom is 0.0330 e. The van der Waals surface area contributed by atoms with Gasteiger partial charge in [0.05, 0.1) is 0 Å². The van der Waals surface area contributed by atoms with Crippen molar-refractivity contribution >= 4 is 0 Å². The number of nitrogens with zero attached hydrogens (tertiary/aromatic N) is 2. The first-order chi connectivity index (χ1) is 8.07. The van der Waals surface area contributed by atoms with Crippen LogP contribution in [0.5, 0.6) is 0 Å². The summed E-state index contributed by atoms with van der Waals surface area (Å²) in [5, 5.41) is 3.49. The Kier molecular flexibility index (Phi) is 4.11. The molecular weight excluding hydrogens is 210 g/mol. The first-order valence-electron chi connectivity index (χ1n) is 7.11. The molecule has 17 heavy (non-hydrogen) atoms. The van der Waals surface area contributed by atoms with E-state index in [0.29, 0.717) is 11.6 Å². The van der Waals surface area contributed by atoms with Crippen molar-refractivity contribution in [2.45, 2.75) is 43.7 Å². The molecule has 2 aliphatic carbocycles. The molecule has 0 bridgehead atoms. The molecule has 0 aliphatic heterocycles. The average Bonchev–Trinajstić information content (AvgIpc) is 3.03. The van der Waals surface area contributed by atoms with Gasteiger partial charge in [-0.2, -0.15) is 0 Å². The normalized spacial score (nSPS) is 25.1. The van der Waals surface area contributed by atoms with Crippen LogP contribution in [0, 0.1) is 5.92 Å². The summed E-state index contributed by atoms with van der Waals surface area (Å²) in [6.45, 7) is 2.43. The Morgan fingerprint density at radius 1 is 1.24 bits per heavy atom. The van der Waals surface area contributed by atoms with Crippen LogP contribution >= 0.6 is 0 Å². The summed E-state index contributed by atoms with van der Waals surface area (Å²) >= 11 is 0. The van der Waals surface area contributed by atoms with Gasteiger partial charge in [0.2, 0.25) is 0 Å². The van der Waals surface area contributed by atoms with Gasteiger partial charge in [0, 0.05) is 24.7 Å². The van der Waals surface area contributed by atoms with Gasteiger partial charge in [-0.3, -0.25) is 0 Å². The predicted octanol–water partition coefficient (Wildman–Crippen LogP) is 1.40. The van der Waals surface area contributed by atoms with E-state index in [1.165, 1.54) is 45.2 Å². The fourth-order valence-electron chi connectivity index (χ4n) is 3.21. The van der Waals surface area contributed by atoms with Crippen LogP contribution in [0.2, 0.25) is 0 Å². The van der Waals surface area contributed by atoms with Crippen LogP contribution in [0.3, 0.4) is 0 Å². The summed E-state index contributed by atoms with van der Waals surface area (Å²) in [6.07, 6.45) is 7.01. The van der Waals surface area contributed by atoms with E-state index in [1.54, 1.807) is 0 Å². The molecule has 0 saturated heterocycles. The number of rotatable bonds is 7. The topological polar surface area (TPSA) is 18.5 Å². The monoisotopic (exact) mass is 239 g/mol. The van der Waals surface area contributed by atoms with Crippen molar-refractivity contribution in [3.8, 4) is 0 Å². The molecule has 1 unspecified atom stereocenters. The fourth-order valence-corrected chi connectivity index (χ4v) is 3.21. The van der Waals surface area contributed by atoms with Crippen molar-refractivity contribution < 1.29 is 0 Å². The van der Waals surface area contributed by atoms with Gasteiger partial charge in [0.15, 0.2) is 0 Å². The SMILES string of the molecule is CNC(CN(C)CC1(N(C)C)CCC1)C1CC1. The first-order valence-corrected chi connectivity index (χ1v) is 7.11. The molecule has 1 atom stereocenters. The zero-order chi connectivity index (χ0) is 12.5. The predicted molar refractivity (Wildman–Crippen MR) is 73.3 cm³/mol. The molecule has 2 aliphatic rings. The zero-order valence-corrected chi connectivity index (χ0v) is 12.0. The van der Waals surface area contributed by atoms with Crippen LogP contribution in [0.25, 0.3) is 0 Å². The Hall–Kier alpha value is -0.120. The maximum absolute atomic E-state index is 3.49. The molecule has 3 heteroatoms. The second-order valence-corrected chi connectivity index (χ2v) is 6.40. The third kappa shape index (κ3) is 3.01. The number of nitrogens with one attached hydrogen (secondary N) is 1. The molecule has 2 saturated carbocycles. The molecule has 100 valence electrons. The van der Waals surface area contributed by atoms with Gasteiger partial charge in [-0.25, -0.2) is 0 Å². The highest BCUT2D eigenvalue weighted by Crippen LogP contribution is 2.37. The van der Waals surface area contributed by atoms with Crippen LogP contribution in [0.1, 0.15) is 32.1 Å². The zero-order valence-electron chi connectivity index (χ0n) is 12.0. The lowest BCUT2D eigenvalue weighted by atomic mass is 9.75. The molecule has 0 aromatic heterocycles. The molecule has 0 radical (unpaired) electrons. The number of hydrogen-bond donors (Lipinski definition) is 1. The lowest BCUT2D eigenvalue weighted by molar-refractivity contribution is 0.0252. The highest BCUT2D eigenvalue weighted by atomic mass is 15.2. The van der Waals surface area contributed by atoms with Gasteiger partial charge in [0.25, 0.3) is 0 Å². The summed E-state index contributed by atoms with van der Waals surface area (Å²) in [7, 11) is 8.88. The van der Waals surface area contributed by atoms with E-state index >= 15 is 0 Å². The second kappa shape index (κ2) is 5.25. The standard InChI is InChI=1S/C14H29N3/c1-15-13(12-6-7-12)10-17(4)11-14(16(2)3)8-5-9-14/h12-13,15H,5-11H2,1-4H3. The lowest BCUT2D eigenvalue weighted by Crippen LogP contribution is -2.57. The van der Waals surface area contributed by atoms with Gasteiger partial charge < -0.3 is 15.1 Å². The summed E-state index contributed by atoms with van der Waals surface area (Å²) in [6, 6.07) is 0.708. The quantitative estimate of drug-likeness (QED) is 0.724. The Morgan fingerprint density at radius 2 is 1.88 bits per heavy atom. The van der Waals surface area contributed by atoms with Gasteiger partial charge >= 0.3 is 0 Å². The minimum Gasteiger partial charge on any atom is -0.315 e. The molecule has 0 aromatic rings. The Morgan fingerprint density at radius 3 is 2.24 bits per heavy atom. The number of hydrogen-bond acceptors (Lipinski definition) is 3. The van der Waals surface area contributed by atoms with E-state index in [-0.39, 0.29) is 0 Å². The Labute approximate surface area is 107 Å². The van der Waals surface area contributed by atoms with Crippen LogP contribution in [-0.2, 0) is 0 Å². The summed E-state index contributed by atoms with van der Waals surface area (Å²) in [5.41, 5.74) is 0.469. The van der Waals surface area contributed by atoms with Crippen molar-refractivity contribution in [3.05, 3.63) is 0 Å². The van der Waals surface area contributed by atoms with E-state index in [9.17, 15) is 0 Å². The molecule has 2 fully saturated rings. The van der Waals surface area contributed by atoms with Gasteiger partial charge in [-0.05, 0) is 66.2 Å². The second-order valence-electron chi connectivity index (χ2n) is 6.40. The van der Waals surface area contributed by atoms with Crippen LogP contribution in [0.15, 0.2) is 0 Å². The largest absolute Gasteiger partial charge is 0.315 e. The van der Waals surface area contributed by atoms with E-state index in [1.807, 2.05) is 0 Å². The molecule has 0 amide bonds. The average molecular weight is 239 g/mol. The minimum atomic E-state index is 0.469. The van der Waals surface area contributed by atoms with Gasteiger partial charge in [0.1, 0.15) is 0 Å². The Balaban J connectivity index is 1.81. The van der Waals surface area contributed by atoms with E-state index in [0.717, 1.165) is 5.92 Å². The highest BCUT2D eigenvalue weighted by Gasteiger charge is 2.40. The van der Waals surface area contributed by atoms with Gasteiger partial charge in [-0.15, -0.1) is 0 Å². The Bertz CT molecular complexity index is 244. The summed E-state index contributed by atoms with van der Waals surface area (Å²) in [5.74, 6) is 0.944. The maximum atomic E-state index is 3.49. The summed E-state index contributed by atoms with van der Waals surface area (Å²) in [4.78, 5) is 4.98. The van der Waals surface area contributed by atoms with Gasteiger partial charge in [-0.1, -0.05) is 0 Å². The van der Waals surface area contributed by atoms with E-state index in [2.05, 4.69) is 43.3 Å². The minimum absolute atomic E-state index is 0.469. The van der Waals surface area contributed by atoms with Crippen LogP contribution in [0.4, 0.5) is 0 Å². The smallest absolute Gasteiger partial charge is 0.0330 e. The third-order valence-corrected chi connectivity index (χ3v) is 4.87. The van der Waals surface area contributed by atoms with E-state index in [4.69, 9.17) is 0 Å². The molecule has 0 heterocycles. The van der Waals surface area contributed by atoms with Crippen LogP contribution < -0.4 is 5.32 Å². The molecule has 0 aromatic carbocycles. The van der Waals surface area contributed by atoms with Crippen molar-refractivity contribution in [3.63, 3.8) is 0 Å².